The van der Waals surface area contributed by atoms with E-state index in [4.69, 9.17) is 0 Å². The number of amides is 1. The zero-order valence-corrected chi connectivity index (χ0v) is 17.9. The molecule has 1 aromatic heterocycles. The Hall–Kier alpha value is -2.05. The summed E-state index contributed by atoms with van der Waals surface area (Å²) in [6.45, 7) is 5.96. The van der Waals surface area contributed by atoms with E-state index in [0.29, 0.717) is 16.5 Å². The van der Waals surface area contributed by atoms with Crippen LogP contribution in [0.15, 0.2) is 28.2 Å². The third-order valence-electron chi connectivity index (χ3n) is 5.86. The summed E-state index contributed by atoms with van der Waals surface area (Å²) in [5, 5.41) is 6.42. The number of hydrogen-bond donors (Lipinski definition) is 4. The second kappa shape index (κ2) is 8.53. The SMILES string of the molecule is CNC(C)c1c(S)[nH]cc(C(=O)Nc2cc(C)c(C3CCCC3)cc2C)c1=O. The number of thiol groups is 1. The van der Waals surface area contributed by atoms with Crippen LogP contribution >= 0.6 is 12.6 Å². The van der Waals surface area contributed by atoms with Gasteiger partial charge >= 0.3 is 0 Å². The van der Waals surface area contributed by atoms with Crippen LogP contribution in [0.4, 0.5) is 5.69 Å². The molecular weight excluding hydrogens is 370 g/mol. The summed E-state index contributed by atoms with van der Waals surface area (Å²) in [5.74, 6) is 0.218. The van der Waals surface area contributed by atoms with E-state index in [0.717, 1.165) is 11.3 Å². The van der Waals surface area contributed by atoms with E-state index in [9.17, 15) is 9.59 Å². The fraction of sp³-hybridized carbons (Fsp3) is 0.455. The molecule has 1 aromatic carbocycles. The Morgan fingerprint density at radius 2 is 1.89 bits per heavy atom. The molecule has 6 heteroatoms. The predicted molar refractivity (Wildman–Crippen MR) is 117 cm³/mol. The number of anilines is 1. The van der Waals surface area contributed by atoms with Crippen molar-refractivity contribution in [1.82, 2.24) is 10.3 Å². The molecule has 1 atom stereocenters. The van der Waals surface area contributed by atoms with E-state index in [1.54, 1.807) is 7.05 Å². The van der Waals surface area contributed by atoms with Crippen LogP contribution in [0.5, 0.6) is 0 Å². The molecule has 0 spiro atoms. The summed E-state index contributed by atoms with van der Waals surface area (Å²) in [7, 11) is 1.77. The van der Waals surface area contributed by atoms with Gasteiger partial charge in [-0.05, 0) is 69.3 Å². The lowest BCUT2D eigenvalue weighted by atomic mass is 9.91. The number of aromatic nitrogens is 1. The maximum atomic E-state index is 12.8. The average molecular weight is 400 g/mol. The molecule has 2 aromatic rings. The Labute approximate surface area is 171 Å². The van der Waals surface area contributed by atoms with Crippen molar-refractivity contribution in [2.24, 2.45) is 0 Å². The van der Waals surface area contributed by atoms with Gasteiger partial charge in [-0.3, -0.25) is 9.59 Å². The molecule has 1 fully saturated rings. The van der Waals surface area contributed by atoms with Gasteiger partial charge in [0.1, 0.15) is 5.56 Å². The van der Waals surface area contributed by atoms with Gasteiger partial charge in [-0.2, -0.15) is 0 Å². The summed E-state index contributed by atoms with van der Waals surface area (Å²) in [6.07, 6.45) is 6.49. The van der Waals surface area contributed by atoms with Crippen LogP contribution in [0, 0.1) is 13.8 Å². The Kier molecular flexibility index (Phi) is 6.30. The number of pyridine rings is 1. The van der Waals surface area contributed by atoms with Crippen molar-refractivity contribution in [3.63, 3.8) is 0 Å². The van der Waals surface area contributed by atoms with Crippen LogP contribution in [0.3, 0.4) is 0 Å². The Bertz CT molecular complexity index is 946. The van der Waals surface area contributed by atoms with Crippen molar-refractivity contribution in [3.05, 3.63) is 56.4 Å². The minimum Gasteiger partial charge on any atom is -0.355 e. The van der Waals surface area contributed by atoms with E-state index in [1.807, 2.05) is 19.9 Å². The van der Waals surface area contributed by atoms with E-state index in [2.05, 4.69) is 41.2 Å². The number of H-pyrrole nitrogens is 1. The number of rotatable bonds is 5. The van der Waals surface area contributed by atoms with E-state index >= 15 is 0 Å². The highest BCUT2D eigenvalue weighted by Gasteiger charge is 2.22. The molecule has 1 aliphatic rings. The third kappa shape index (κ3) is 4.03. The summed E-state index contributed by atoms with van der Waals surface area (Å²) < 4.78 is 0. The number of nitrogens with one attached hydrogen (secondary N) is 3. The van der Waals surface area contributed by atoms with Crippen molar-refractivity contribution < 1.29 is 4.79 Å². The molecule has 0 bridgehead atoms. The number of carbonyl (C=O) groups is 1. The van der Waals surface area contributed by atoms with Crippen molar-refractivity contribution in [2.75, 3.05) is 12.4 Å². The zero-order chi connectivity index (χ0) is 20.4. The molecule has 0 aliphatic heterocycles. The minimum atomic E-state index is -0.407. The summed E-state index contributed by atoms with van der Waals surface area (Å²) >= 11 is 4.33. The Balaban J connectivity index is 1.89. The molecule has 1 heterocycles. The normalized spacial score (nSPS) is 15.6. The van der Waals surface area contributed by atoms with Gasteiger partial charge < -0.3 is 15.6 Å². The lowest BCUT2D eigenvalue weighted by molar-refractivity contribution is 0.102. The first-order valence-electron chi connectivity index (χ1n) is 9.87. The second-order valence-electron chi connectivity index (χ2n) is 7.76. The summed E-state index contributed by atoms with van der Waals surface area (Å²) in [6, 6.07) is 4.01. The molecule has 3 N–H and O–H groups in total. The fourth-order valence-electron chi connectivity index (χ4n) is 4.09. The molecule has 1 aliphatic carbocycles. The topological polar surface area (TPSA) is 74.0 Å². The minimum absolute atomic E-state index is 0.0897. The summed E-state index contributed by atoms with van der Waals surface area (Å²) in [4.78, 5) is 28.6. The second-order valence-corrected chi connectivity index (χ2v) is 8.21. The van der Waals surface area contributed by atoms with E-state index in [-0.39, 0.29) is 17.0 Å². The highest BCUT2D eigenvalue weighted by Crippen LogP contribution is 2.37. The highest BCUT2D eigenvalue weighted by atomic mass is 32.1. The van der Waals surface area contributed by atoms with Crippen molar-refractivity contribution in [3.8, 4) is 0 Å². The molecule has 150 valence electrons. The van der Waals surface area contributed by atoms with Crippen LogP contribution in [0.2, 0.25) is 0 Å². The van der Waals surface area contributed by atoms with Gasteiger partial charge in [0.2, 0.25) is 0 Å². The van der Waals surface area contributed by atoms with Gasteiger partial charge in [0.25, 0.3) is 5.91 Å². The van der Waals surface area contributed by atoms with Gasteiger partial charge in [-0.15, -0.1) is 12.6 Å². The molecule has 1 unspecified atom stereocenters. The number of aryl methyl sites for hydroxylation is 2. The van der Waals surface area contributed by atoms with E-state index in [1.165, 1.54) is 43.0 Å². The lowest BCUT2D eigenvalue weighted by Gasteiger charge is -2.18. The maximum absolute atomic E-state index is 12.8. The van der Waals surface area contributed by atoms with Gasteiger partial charge in [-0.25, -0.2) is 0 Å². The first-order chi connectivity index (χ1) is 13.3. The number of carbonyl (C=O) groups excluding carboxylic acids is 1. The molecule has 3 rings (SSSR count). The van der Waals surface area contributed by atoms with Gasteiger partial charge in [0.05, 0.1) is 5.03 Å². The standard InChI is InChI=1S/C22H29N3O2S/c1-12-10-18(13(2)9-16(12)15-7-5-6-8-15)25-21(27)17-11-24-22(28)19(20(17)26)14(3)23-4/h9-11,14-15,23H,5-8H2,1-4H3,(H,25,27)(H2,24,26,28). The van der Waals surface area contributed by atoms with Crippen LogP contribution in [0.1, 0.15) is 77.2 Å². The maximum Gasteiger partial charge on any atom is 0.261 e. The number of hydrogen-bond acceptors (Lipinski definition) is 4. The molecule has 5 nitrogen and oxygen atoms in total. The third-order valence-corrected chi connectivity index (χ3v) is 6.23. The van der Waals surface area contributed by atoms with Gasteiger partial charge in [-0.1, -0.05) is 18.9 Å². The van der Waals surface area contributed by atoms with Gasteiger partial charge in [0, 0.05) is 23.5 Å². The Morgan fingerprint density at radius 3 is 2.54 bits per heavy atom. The highest BCUT2D eigenvalue weighted by molar-refractivity contribution is 7.80. The fourth-order valence-corrected chi connectivity index (χ4v) is 4.45. The smallest absolute Gasteiger partial charge is 0.261 e. The van der Waals surface area contributed by atoms with Gasteiger partial charge in [0.15, 0.2) is 5.43 Å². The largest absolute Gasteiger partial charge is 0.355 e. The molecule has 28 heavy (non-hydrogen) atoms. The van der Waals surface area contributed by atoms with E-state index < -0.39 is 5.91 Å². The lowest BCUT2D eigenvalue weighted by Crippen LogP contribution is -2.29. The molecule has 1 amide bonds. The molecule has 0 saturated heterocycles. The quantitative estimate of drug-likeness (QED) is 0.561. The van der Waals surface area contributed by atoms with Crippen LogP contribution in [-0.2, 0) is 0 Å². The first kappa shape index (κ1) is 20.7. The molecule has 1 saturated carbocycles. The summed E-state index contributed by atoms with van der Waals surface area (Å²) in [5.41, 5.74) is 4.59. The zero-order valence-electron chi connectivity index (χ0n) is 17.0. The monoisotopic (exact) mass is 399 g/mol. The Morgan fingerprint density at radius 1 is 1.21 bits per heavy atom. The van der Waals surface area contributed by atoms with Crippen molar-refractivity contribution >= 4 is 24.2 Å². The van der Waals surface area contributed by atoms with Crippen molar-refractivity contribution in [1.29, 1.82) is 0 Å². The van der Waals surface area contributed by atoms with Crippen LogP contribution in [0.25, 0.3) is 0 Å². The average Bonchev–Trinajstić information content (AvgIpc) is 3.18. The first-order valence-corrected chi connectivity index (χ1v) is 10.3. The van der Waals surface area contributed by atoms with Crippen LogP contribution in [-0.4, -0.2) is 17.9 Å². The van der Waals surface area contributed by atoms with Crippen molar-refractivity contribution in [2.45, 2.75) is 63.4 Å². The molecule has 0 radical (unpaired) electrons. The predicted octanol–water partition coefficient (Wildman–Crippen LogP) is 4.47. The molecular formula is C22H29N3O2S. The van der Waals surface area contributed by atoms with Crippen LogP contribution < -0.4 is 16.1 Å². The number of benzene rings is 1. The number of aromatic amines is 1.